The molecule has 0 aromatic carbocycles. The van der Waals surface area contributed by atoms with E-state index in [9.17, 15) is 4.79 Å². The summed E-state index contributed by atoms with van der Waals surface area (Å²) in [7, 11) is 4.30. The van der Waals surface area contributed by atoms with Gasteiger partial charge in [-0.1, -0.05) is 19.8 Å². The highest BCUT2D eigenvalue weighted by molar-refractivity contribution is 5.74. The van der Waals surface area contributed by atoms with Crippen LogP contribution in [0.25, 0.3) is 0 Å². The third-order valence-corrected chi connectivity index (χ3v) is 6.20. The van der Waals surface area contributed by atoms with Crippen molar-refractivity contribution in [3.05, 3.63) is 24.2 Å². The van der Waals surface area contributed by atoms with Gasteiger partial charge in [0.2, 0.25) is 0 Å². The van der Waals surface area contributed by atoms with E-state index in [1.54, 1.807) is 6.26 Å². The normalized spacial score (nSPS) is 27.7. The Morgan fingerprint density at radius 2 is 2.12 bits per heavy atom. The fraction of sp³-hybridized carbons (Fsp3) is 0.750. The summed E-state index contributed by atoms with van der Waals surface area (Å²) in [5, 5.41) is 3.23. The van der Waals surface area contributed by atoms with Gasteiger partial charge in [0.25, 0.3) is 0 Å². The zero-order valence-corrected chi connectivity index (χ0v) is 16.5. The van der Waals surface area contributed by atoms with Crippen LogP contribution in [-0.4, -0.2) is 73.1 Å². The van der Waals surface area contributed by atoms with Gasteiger partial charge in [-0.2, -0.15) is 0 Å². The minimum Gasteiger partial charge on any atom is -0.468 e. The van der Waals surface area contributed by atoms with Crippen molar-refractivity contribution < 1.29 is 9.21 Å². The first kappa shape index (κ1) is 19.2. The van der Waals surface area contributed by atoms with Gasteiger partial charge in [0, 0.05) is 38.3 Å². The molecule has 0 radical (unpaired) electrons. The van der Waals surface area contributed by atoms with Crippen LogP contribution in [0, 0.1) is 5.92 Å². The number of piperazine rings is 1. The lowest BCUT2D eigenvalue weighted by Crippen LogP contribution is -2.58. The smallest absolute Gasteiger partial charge is 0.317 e. The van der Waals surface area contributed by atoms with Crippen LogP contribution in [0.2, 0.25) is 0 Å². The maximum Gasteiger partial charge on any atom is 0.317 e. The maximum absolute atomic E-state index is 12.7. The first-order valence-corrected chi connectivity index (χ1v) is 9.93. The Morgan fingerprint density at radius 3 is 2.73 bits per heavy atom. The van der Waals surface area contributed by atoms with E-state index < -0.39 is 0 Å². The van der Waals surface area contributed by atoms with Crippen LogP contribution in [0.4, 0.5) is 4.79 Å². The number of hydrogen-bond donors (Lipinski definition) is 1. The lowest BCUT2D eigenvalue weighted by atomic mass is 9.75. The van der Waals surface area contributed by atoms with Crippen LogP contribution in [0.5, 0.6) is 0 Å². The number of nitrogens with one attached hydrogen (secondary N) is 1. The minimum atomic E-state index is 0.0853. The van der Waals surface area contributed by atoms with E-state index in [1.165, 1.54) is 19.3 Å². The van der Waals surface area contributed by atoms with Crippen molar-refractivity contribution in [1.82, 2.24) is 20.0 Å². The quantitative estimate of drug-likeness (QED) is 0.875. The van der Waals surface area contributed by atoms with E-state index in [2.05, 4.69) is 36.1 Å². The molecule has 2 amide bonds. The number of amides is 2. The van der Waals surface area contributed by atoms with Gasteiger partial charge in [-0.25, -0.2) is 4.79 Å². The highest BCUT2D eigenvalue weighted by atomic mass is 16.3. The van der Waals surface area contributed by atoms with Gasteiger partial charge in [-0.15, -0.1) is 0 Å². The molecule has 0 bridgehead atoms. The molecule has 1 saturated heterocycles. The summed E-state index contributed by atoms with van der Waals surface area (Å²) >= 11 is 0. The van der Waals surface area contributed by atoms with Crippen molar-refractivity contribution in [2.24, 2.45) is 5.92 Å². The molecule has 1 aliphatic carbocycles. The number of nitrogens with zero attached hydrogens (tertiary/aromatic N) is 3. The Morgan fingerprint density at radius 1 is 1.35 bits per heavy atom. The van der Waals surface area contributed by atoms with E-state index in [0.717, 1.165) is 57.4 Å². The molecule has 2 atom stereocenters. The topological polar surface area (TPSA) is 52.0 Å². The average Bonchev–Trinajstić information content (AvgIpc) is 3.13. The van der Waals surface area contributed by atoms with E-state index in [-0.39, 0.29) is 11.6 Å². The van der Waals surface area contributed by atoms with Gasteiger partial charge in [0.1, 0.15) is 5.76 Å². The van der Waals surface area contributed by atoms with Crippen molar-refractivity contribution in [3.63, 3.8) is 0 Å². The number of likely N-dealkylation sites (N-methyl/N-ethyl adjacent to an activating group) is 1. The van der Waals surface area contributed by atoms with Gasteiger partial charge >= 0.3 is 6.03 Å². The second-order valence-electron chi connectivity index (χ2n) is 8.32. The lowest BCUT2D eigenvalue weighted by molar-refractivity contribution is 0.0730. The molecule has 6 nitrogen and oxygen atoms in total. The number of carbonyl (C=O) groups excluding carboxylic acids is 1. The minimum absolute atomic E-state index is 0.0853. The van der Waals surface area contributed by atoms with Crippen molar-refractivity contribution in [1.29, 1.82) is 0 Å². The molecule has 0 spiro atoms. The summed E-state index contributed by atoms with van der Waals surface area (Å²) in [5.41, 5.74) is 0.106. The first-order valence-electron chi connectivity index (χ1n) is 9.93. The van der Waals surface area contributed by atoms with E-state index >= 15 is 0 Å². The molecule has 2 fully saturated rings. The van der Waals surface area contributed by atoms with Crippen LogP contribution in [0.15, 0.2) is 22.8 Å². The number of rotatable bonds is 5. The second kappa shape index (κ2) is 8.44. The van der Waals surface area contributed by atoms with E-state index in [0.29, 0.717) is 0 Å². The predicted molar refractivity (Wildman–Crippen MR) is 103 cm³/mol. The summed E-state index contributed by atoms with van der Waals surface area (Å²) in [6, 6.07) is 4.01. The Bertz CT molecular complexity index is 566. The molecule has 2 heterocycles. The van der Waals surface area contributed by atoms with Gasteiger partial charge in [-0.05, 0) is 45.0 Å². The average molecular weight is 363 g/mol. The predicted octanol–water partition coefficient (Wildman–Crippen LogP) is 2.62. The Hall–Kier alpha value is -1.53. The van der Waals surface area contributed by atoms with Gasteiger partial charge in [0.15, 0.2) is 0 Å². The molecule has 2 unspecified atom stereocenters. The Balaban J connectivity index is 1.46. The number of carbonyl (C=O) groups is 1. The number of hydrogen-bond acceptors (Lipinski definition) is 4. The number of furan rings is 1. The molecule has 1 aromatic heterocycles. The van der Waals surface area contributed by atoms with E-state index in [1.807, 2.05) is 17.0 Å². The molecular weight excluding hydrogens is 328 g/mol. The summed E-state index contributed by atoms with van der Waals surface area (Å²) in [6.07, 6.45) is 6.60. The molecule has 6 heteroatoms. The third-order valence-electron chi connectivity index (χ3n) is 6.20. The third kappa shape index (κ3) is 4.60. The molecule has 1 saturated carbocycles. The van der Waals surface area contributed by atoms with Crippen LogP contribution in [0.1, 0.15) is 38.4 Å². The molecule has 3 rings (SSSR count). The van der Waals surface area contributed by atoms with Crippen LogP contribution in [-0.2, 0) is 6.54 Å². The highest BCUT2D eigenvalue weighted by Crippen LogP contribution is 2.35. The molecular formula is C20H34N4O2. The Kier molecular flexibility index (Phi) is 6.24. The number of urea groups is 1. The molecule has 2 aliphatic rings. The fourth-order valence-electron chi connectivity index (χ4n) is 4.44. The molecule has 26 heavy (non-hydrogen) atoms. The summed E-state index contributed by atoms with van der Waals surface area (Å²) < 4.78 is 5.42. The van der Waals surface area contributed by atoms with Crippen molar-refractivity contribution >= 4 is 6.03 Å². The van der Waals surface area contributed by atoms with Gasteiger partial charge in [0.05, 0.1) is 12.8 Å². The summed E-state index contributed by atoms with van der Waals surface area (Å²) in [5.74, 6) is 1.72. The van der Waals surface area contributed by atoms with Crippen LogP contribution in [0.3, 0.4) is 0 Å². The van der Waals surface area contributed by atoms with Crippen molar-refractivity contribution in [3.8, 4) is 0 Å². The van der Waals surface area contributed by atoms with Gasteiger partial charge in [-0.3, -0.25) is 4.90 Å². The zero-order valence-electron chi connectivity index (χ0n) is 16.5. The standard InChI is InChI=1S/C20H34N4O2/c1-17-6-4-8-20(14-17,22(2)3)16-21-19(25)24-11-9-23(10-12-24)15-18-7-5-13-26-18/h5,7,13,17H,4,6,8-12,14-16H2,1-3H3,(H,21,25). The molecule has 1 aromatic rings. The SMILES string of the molecule is CC1CCCC(CNC(=O)N2CCN(Cc3ccco3)CC2)(N(C)C)C1. The largest absolute Gasteiger partial charge is 0.468 e. The van der Waals surface area contributed by atoms with Crippen molar-refractivity contribution in [2.75, 3.05) is 46.8 Å². The summed E-state index contributed by atoms with van der Waals surface area (Å²) in [4.78, 5) is 19.3. The van der Waals surface area contributed by atoms with E-state index in [4.69, 9.17) is 4.42 Å². The molecule has 146 valence electrons. The summed E-state index contributed by atoms with van der Waals surface area (Å²) in [6.45, 7) is 7.24. The lowest BCUT2D eigenvalue weighted by Gasteiger charge is -2.45. The monoisotopic (exact) mass is 362 g/mol. The van der Waals surface area contributed by atoms with Crippen LogP contribution >= 0.6 is 0 Å². The zero-order chi connectivity index (χ0) is 18.6. The van der Waals surface area contributed by atoms with Gasteiger partial charge < -0.3 is 19.5 Å². The van der Waals surface area contributed by atoms with Crippen molar-refractivity contribution in [2.45, 2.75) is 44.7 Å². The maximum atomic E-state index is 12.7. The second-order valence-corrected chi connectivity index (χ2v) is 8.32. The molecule has 1 N–H and O–H groups in total. The first-order chi connectivity index (χ1) is 12.5. The Labute approximate surface area is 157 Å². The highest BCUT2D eigenvalue weighted by Gasteiger charge is 2.37. The van der Waals surface area contributed by atoms with Crippen LogP contribution < -0.4 is 5.32 Å². The molecule has 1 aliphatic heterocycles. The fourth-order valence-corrected chi connectivity index (χ4v) is 4.44.